The third-order valence-corrected chi connectivity index (χ3v) is 3.48. The third kappa shape index (κ3) is 2.27. The number of benzene rings is 1. The molecule has 1 aliphatic heterocycles. The SMILES string of the molecule is C[C@H]1CN(c2ncnc3ccc([N+](=O)[O-])cc23)CCN1. The van der Waals surface area contributed by atoms with Crippen molar-refractivity contribution in [2.24, 2.45) is 0 Å². The standard InChI is InChI=1S/C13H15N5O2/c1-9-7-17(5-4-14-9)13-11-6-10(18(19)20)2-3-12(11)15-8-16-13/h2-3,6,8-9,14H,4-5,7H2,1H3/t9-/m0/s1. The van der Waals surface area contributed by atoms with Gasteiger partial charge in [-0.15, -0.1) is 0 Å². The molecule has 0 spiro atoms. The van der Waals surface area contributed by atoms with Crippen molar-refractivity contribution in [3.05, 3.63) is 34.6 Å². The van der Waals surface area contributed by atoms with E-state index in [0.717, 1.165) is 36.4 Å². The van der Waals surface area contributed by atoms with Gasteiger partial charge in [-0.05, 0) is 13.0 Å². The number of non-ortho nitro benzene ring substituents is 1. The quantitative estimate of drug-likeness (QED) is 0.656. The van der Waals surface area contributed by atoms with Crippen molar-refractivity contribution in [2.45, 2.75) is 13.0 Å². The van der Waals surface area contributed by atoms with E-state index < -0.39 is 4.92 Å². The van der Waals surface area contributed by atoms with Crippen LogP contribution in [-0.2, 0) is 0 Å². The molecule has 1 aromatic carbocycles. The summed E-state index contributed by atoms with van der Waals surface area (Å²) < 4.78 is 0. The molecular weight excluding hydrogens is 258 g/mol. The Labute approximate surface area is 115 Å². The summed E-state index contributed by atoms with van der Waals surface area (Å²) in [4.78, 5) is 21.2. The van der Waals surface area contributed by atoms with Gasteiger partial charge < -0.3 is 10.2 Å². The fourth-order valence-electron chi connectivity index (χ4n) is 2.52. The second-order valence-corrected chi connectivity index (χ2v) is 4.96. The Hall–Kier alpha value is -2.28. The van der Waals surface area contributed by atoms with Crippen molar-refractivity contribution in [3.63, 3.8) is 0 Å². The fraction of sp³-hybridized carbons (Fsp3) is 0.385. The summed E-state index contributed by atoms with van der Waals surface area (Å²) in [6, 6.07) is 5.06. The molecule has 20 heavy (non-hydrogen) atoms. The number of hydrogen-bond donors (Lipinski definition) is 1. The van der Waals surface area contributed by atoms with E-state index in [1.807, 2.05) is 0 Å². The molecule has 1 fully saturated rings. The van der Waals surface area contributed by atoms with Crippen LogP contribution in [0.1, 0.15) is 6.92 Å². The molecule has 1 aliphatic rings. The first-order valence-electron chi connectivity index (χ1n) is 6.52. The molecule has 7 nitrogen and oxygen atoms in total. The van der Waals surface area contributed by atoms with E-state index in [9.17, 15) is 10.1 Å². The summed E-state index contributed by atoms with van der Waals surface area (Å²) >= 11 is 0. The summed E-state index contributed by atoms with van der Waals surface area (Å²) in [6.07, 6.45) is 1.51. The minimum atomic E-state index is -0.392. The molecule has 1 N–H and O–H groups in total. The Morgan fingerprint density at radius 1 is 1.45 bits per heavy atom. The summed E-state index contributed by atoms with van der Waals surface area (Å²) in [7, 11) is 0. The Bertz CT molecular complexity index is 660. The van der Waals surface area contributed by atoms with Gasteiger partial charge in [0, 0.05) is 43.2 Å². The van der Waals surface area contributed by atoms with Crippen LogP contribution in [0.2, 0.25) is 0 Å². The number of nitro groups is 1. The fourth-order valence-corrected chi connectivity index (χ4v) is 2.52. The zero-order valence-corrected chi connectivity index (χ0v) is 11.1. The van der Waals surface area contributed by atoms with Gasteiger partial charge in [-0.2, -0.15) is 0 Å². The molecule has 0 radical (unpaired) electrons. The van der Waals surface area contributed by atoms with Crippen LogP contribution in [0.15, 0.2) is 24.5 Å². The topological polar surface area (TPSA) is 84.2 Å². The first kappa shape index (κ1) is 12.7. The maximum Gasteiger partial charge on any atom is 0.270 e. The smallest absolute Gasteiger partial charge is 0.270 e. The Kier molecular flexibility index (Phi) is 3.19. The lowest BCUT2D eigenvalue weighted by molar-refractivity contribution is -0.384. The predicted octanol–water partition coefficient (Wildman–Crippen LogP) is 1.34. The van der Waals surface area contributed by atoms with Crippen molar-refractivity contribution in [1.29, 1.82) is 0 Å². The van der Waals surface area contributed by atoms with Crippen LogP contribution >= 0.6 is 0 Å². The average Bonchev–Trinajstić information content (AvgIpc) is 2.46. The maximum atomic E-state index is 10.9. The zero-order chi connectivity index (χ0) is 14.1. The van der Waals surface area contributed by atoms with E-state index in [-0.39, 0.29) is 5.69 Å². The van der Waals surface area contributed by atoms with E-state index in [1.54, 1.807) is 12.1 Å². The normalized spacial score (nSPS) is 19.2. The molecule has 2 heterocycles. The van der Waals surface area contributed by atoms with Crippen LogP contribution in [0.3, 0.4) is 0 Å². The van der Waals surface area contributed by atoms with Gasteiger partial charge in [0.05, 0.1) is 10.4 Å². The van der Waals surface area contributed by atoms with Gasteiger partial charge in [0.1, 0.15) is 12.1 Å². The van der Waals surface area contributed by atoms with Gasteiger partial charge >= 0.3 is 0 Å². The molecular formula is C13H15N5O2. The van der Waals surface area contributed by atoms with Crippen molar-refractivity contribution in [2.75, 3.05) is 24.5 Å². The predicted molar refractivity (Wildman–Crippen MR) is 75.9 cm³/mol. The van der Waals surface area contributed by atoms with Crippen LogP contribution in [0.5, 0.6) is 0 Å². The highest BCUT2D eigenvalue weighted by Gasteiger charge is 2.20. The lowest BCUT2D eigenvalue weighted by atomic mass is 10.1. The average molecular weight is 273 g/mol. The lowest BCUT2D eigenvalue weighted by Gasteiger charge is -2.33. The van der Waals surface area contributed by atoms with Crippen LogP contribution < -0.4 is 10.2 Å². The summed E-state index contributed by atoms with van der Waals surface area (Å²) in [5.74, 6) is 0.770. The minimum Gasteiger partial charge on any atom is -0.353 e. The van der Waals surface area contributed by atoms with E-state index in [0.29, 0.717) is 6.04 Å². The second kappa shape index (κ2) is 5.01. The Morgan fingerprint density at radius 2 is 2.30 bits per heavy atom. The van der Waals surface area contributed by atoms with Gasteiger partial charge in [0.15, 0.2) is 0 Å². The molecule has 2 aromatic rings. The number of nitro benzene ring substituents is 1. The van der Waals surface area contributed by atoms with Gasteiger partial charge in [-0.3, -0.25) is 10.1 Å². The third-order valence-electron chi connectivity index (χ3n) is 3.48. The number of aromatic nitrogens is 2. The van der Waals surface area contributed by atoms with Crippen molar-refractivity contribution >= 4 is 22.4 Å². The molecule has 104 valence electrons. The monoisotopic (exact) mass is 273 g/mol. The van der Waals surface area contributed by atoms with Gasteiger partial charge in [0.2, 0.25) is 0 Å². The molecule has 1 atom stereocenters. The largest absolute Gasteiger partial charge is 0.353 e. The number of fused-ring (bicyclic) bond motifs is 1. The summed E-state index contributed by atoms with van der Waals surface area (Å²) in [5.41, 5.74) is 0.795. The molecule has 0 saturated carbocycles. The van der Waals surface area contributed by atoms with Crippen molar-refractivity contribution in [3.8, 4) is 0 Å². The van der Waals surface area contributed by atoms with E-state index in [1.165, 1.54) is 12.4 Å². The Morgan fingerprint density at radius 3 is 3.05 bits per heavy atom. The highest BCUT2D eigenvalue weighted by Crippen LogP contribution is 2.27. The van der Waals surface area contributed by atoms with E-state index >= 15 is 0 Å². The number of hydrogen-bond acceptors (Lipinski definition) is 6. The highest BCUT2D eigenvalue weighted by molar-refractivity contribution is 5.91. The second-order valence-electron chi connectivity index (χ2n) is 4.96. The zero-order valence-electron chi connectivity index (χ0n) is 11.1. The van der Waals surface area contributed by atoms with Gasteiger partial charge in [-0.25, -0.2) is 9.97 Å². The molecule has 0 amide bonds. The lowest BCUT2D eigenvalue weighted by Crippen LogP contribution is -2.49. The molecule has 0 unspecified atom stereocenters. The number of piperazine rings is 1. The van der Waals surface area contributed by atoms with Crippen molar-refractivity contribution in [1.82, 2.24) is 15.3 Å². The molecule has 7 heteroatoms. The van der Waals surface area contributed by atoms with Gasteiger partial charge in [0.25, 0.3) is 5.69 Å². The summed E-state index contributed by atoms with van der Waals surface area (Å²) in [5, 5.41) is 15.0. The molecule has 1 aromatic heterocycles. The highest BCUT2D eigenvalue weighted by atomic mass is 16.6. The number of rotatable bonds is 2. The van der Waals surface area contributed by atoms with Crippen LogP contribution in [-0.4, -0.2) is 40.6 Å². The molecule has 0 aliphatic carbocycles. The maximum absolute atomic E-state index is 10.9. The molecule has 0 bridgehead atoms. The van der Waals surface area contributed by atoms with Gasteiger partial charge in [-0.1, -0.05) is 0 Å². The number of nitrogens with zero attached hydrogens (tertiary/aromatic N) is 4. The van der Waals surface area contributed by atoms with Crippen LogP contribution in [0, 0.1) is 10.1 Å². The first-order chi connectivity index (χ1) is 9.65. The number of nitrogens with one attached hydrogen (secondary N) is 1. The molecule has 1 saturated heterocycles. The number of anilines is 1. The first-order valence-corrected chi connectivity index (χ1v) is 6.52. The van der Waals surface area contributed by atoms with Crippen LogP contribution in [0.4, 0.5) is 11.5 Å². The Balaban J connectivity index is 2.09. The summed E-state index contributed by atoms with van der Waals surface area (Å²) in [6.45, 7) is 4.65. The van der Waals surface area contributed by atoms with E-state index in [2.05, 4.69) is 27.1 Å². The van der Waals surface area contributed by atoms with Crippen LogP contribution in [0.25, 0.3) is 10.9 Å². The van der Waals surface area contributed by atoms with Crippen molar-refractivity contribution < 1.29 is 4.92 Å². The molecule has 3 rings (SSSR count). The van der Waals surface area contributed by atoms with E-state index in [4.69, 9.17) is 0 Å². The minimum absolute atomic E-state index is 0.0664.